The van der Waals surface area contributed by atoms with E-state index in [1.807, 2.05) is 30.3 Å². The van der Waals surface area contributed by atoms with Crippen LogP contribution in [0.3, 0.4) is 0 Å². The van der Waals surface area contributed by atoms with Crippen LogP contribution in [0.25, 0.3) is 10.9 Å². The SMILES string of the molecule is C#CCC(O)(c1ccncc1)c1cc2ccccc2[nH]1. The quantitative estimate of drug-likeness (QED) is 0.713. The van der Waals surface area contributed by atoms with E-state index < -0.39 is 5.60 Å². The molecule has 2 aromatic heterocycles. The molecule has 3 rings (SSSR count). The number of terminal acetylenes is 1. The van der Waals surface area contributed by atoms with E-state index in [2.05, 4.69) is 15.9 Å². The zero-order chi connectivity index (χ0) is 14.0. The highest BCUT2D eigenvalue weighted by molar-refractivity contribution is 5.80. The largest absolute Gasteiger partial charge is 0.378 e. The summed E-state index contributed by atoms with van der Waals surface area (Å²) in [6.07, 6.45) is 8.95. The minimum atomic E-state index is -1.23. The molecule has 2 N–H and O–H groups in total. The molecule has 2 heterocycles. The van der Waals surface area contributed by atoms with Crippen LogP contribution in [0.2, 0.25) is 0 Å². The predicted molar refractivity (Wildman–Crippen MR) is 79.0 cm³/mol. The first kappa shape index (κ1) is 12.5. The van der Waals surface area contributed by atoms with Gasteiger partial charge in [0.25, 0.3) is 0 Å². The van der Waals surface area contributed by atoms with Crippen molar-refractivity contribution in [3.63, 3.8) is 0 Å². The molecule has 0 saturated heterocycles. The smallest absolute Gasteiger partial charge is 0.140 e. The Labute approximate surface area is 117 Å². The Morgan fingerprint density at radius 2 is 1.95 bits per heavy atom. The van der Waals surface area contributed by atoms with Crippen molar-refractivity contribution < 1.29 is 5.11 Å². The highest BCUT2D eigenvalue weighted by atomic mass is 16.3. The maximum absolute atomic E-state index is 11.1. The number of hydrogen-bond acceptors (Lipinski definition) is 2. The maximum Gasteiger partial charge on any atom is 0.140 e. The van der Waals surface area contributed by atoms with E-state index in [0.717, 1.165) is 16.5 Å². The van der Waals surface area contributed by atoms with E-state index in [9.17, 15) is 5.11 Å². The van der Waals surface area contributed by atoms with Gasteiger partial charge in [0.05, 0.1) is 5.69 Å². The number of H-pyrrole nitrogens is 1. The molecule has 1 atom stereocenters. The molecular weight excluding hydrogens is 248 g/mol. The molecule has 3 nitrogen and oxygen atoms in total. The summed E-state index contributed by atoms with van der Waals surface area (Å²) in [5, 5.41) is 12.1. The number of hydrogen-bond donors (Lipinski definition) is 2. The molecule has 1 aromatic carbocycles. The maximum atomic E-state index is 11.1. The van der Waals surface area contributed by atoms with E-state index >= 15 is 0 Å². The number of nitrogens with one attached hydrogen (secondary N) is 1. The third-order valence-electron chi connectivity index (χ3n) is 3.49. The van der Waals surface area contributed by atoms with E-state index in [-0.39, 0.29) is 6.42 Å². The fraction of sp³-hybridized carbons (Fsp3) is 0.118. The summed E-state index contributed by atoms with van der Waals surface area (Å²) in [5.41, 5.74) is 1.18. The van der Waals surface area contributed by atoms with Gasteiger partial charge in [0.1, 0.15) is 5.60 Å². The van der Waals surface area contributed by atoms with Crippen LogP contribution >= 0.6 is 0 Å². The second-order valence-electron chi connectivity index (χ2n) is 4.75. The lowest BCUT2D eigenvalue weighted by atomic mass is 9.88. The number of para-hydroxylation sites is 1. The molecule has 98 valence electrons. The Hall–Kier alpha value is -2.57. The molecule has 0 aliphatic heterocycles. The summed E-state index contributed by atoms with van der Waals surface area (Å²) in [6, 6.07) is 13.4. The molecule has 0 saturated carbocycles. The van der Waals surface area contributed by atoms with Gasteiger partial charge in [0.15, 0.2) is 0 Å². The first-order chi connectivity index (χ1) is 9.74. The van der Waals surface area contributed by atoms with Crippen molar-refractivity contribution in [1.82, 2.24) is 9.97 Å². The molecular formula is C17H14N2O. The third kappa shape index (κ3) is 1.97. The molecule has 0 fully saturated rings. The van der Waals surface area contributed by atoms with Crippen molar-refractivity contribution in [2.45, 2.75) is 12.0 Å². The summed E-state index contributed by atoms with van der Waals surface area (Å²) in [5.74, 6) is 2.56. The minimum absolute atomic E-state index is 0.198. The van der Waals surface area contributed by atoms with Crippen molar-refractivity contribution in [2.75, 3.05) is 0 Å². The molecule has 0 bridgehead atoms. The Morgan fingerprint density at radius 1 is 1.20 bits per heavy atom. The summed E-state index contributed by atoms with van der Waals surface area (Å²) >= 11 is 0. The van der Waals surface area contributed by atoms with Crippen LogP contribution in [0, 0.1) is 12.3 Å². The molecule has 1 unspecified atom stereocenters. The Bertz CT molecular complexity index is 737. The first-order valence-corrected chi connectivity index (χ1v) is 6.38. The molecule has 3 aromatic rings. The molecule has 3 heteroatoms. The van der Waals surface area contributed by atoms with Crippen molar-refractivity contribution in [1.29, 1.82) is 0 Å². The molecule has 0 amide bonds. The fourth-order valence-corrected chi connectivity index (χ4v) is 2.42. The van der Waals surface area contributed by atoms with Gasteiger partial charge in [-0.3, -0.25) is 4.98 Å². The lowest BCUT2D eigenvalue weighted by molar-refractivity contribution is 0.0825. The van der Waals surface area contributed by atoms with Crippen LogP contribution in [-0.4, -0.2) is 15.1 Å². The Kier molecular flexibility index (Phi) is 3.02. The normalized spacial score (nSPS) is 13.8. The van der Waals surface area contributed by atoms with Crippen LogP contribution in [0.15, 0.2) is 54.9 Å². The zero-order valence-corrected chi connectivity index (χ0v) is 10.9. The van der Waals surface area contributed by atoms with Crippen molar-refractivity contribution in [3.8, 4) is 12.3 Å². The Morgan fingerprint density at radius 3 is 2.65 bits per heavy atom. The van der Waals surface area contributed by atoms with Crippen LogP contribution in [0.1, 0.15) is 17.7 Å². The van der Waals surface area contributed by atoms with Crippen LogP contribution in [-0.2, 0) is 5.60 Å². The molecule has 0 aliphatic carbocycles. The van der Waals surface area contributed by atoms with Crippen molar-refractivity contribution >= 4 is 10.9 Å². The lowest BCUT2D eigenvalue weighted by Crippen LogP contribution is -2.27. The number of rotatable bonds is 3. The van der Waals surface area contributed by atoms with Gasteiger partial charge in [-0.05, 0) is 35.2 Å². The summed E-state index contributed by atoms with van der Waals surface area (Å²) in [6.45, 7) is 0. The van der Waals surface area contributed by atoms with Gasteiger partial charge in [-0.2, -0.15) is 0 Å². The average Bonchev–Trinajstić information content (AvgIpc) is 2.93. The average molecular weight is 262 g/mol. The van der Waals surface area contributed by atoms with Gasteiger partial charge in [0.2, 0.25) is 0 Å². The van der Waals surface area contributed by atoms with Crippen LogP contribution < -0.4 is 0 Å². The number of pyridine rings is 1. The van der Waals surface area contributed by atoms with Gasteiger partial charge < -0.3 is 10.1 Å². The van der Waals surface area contributed by atoms with Gasteiger partial charge in [0, 0.05) is 24.3 Å². The standard InChI is InChI=1S/C17H14N2O/c1-2-9-17(20,14-7-10-18-11-8-14)16-12-13-5-3-4-6-15(13)19-16/h1,3-8,10-12,19-20H,9H2. The molecule has 0 aliphatic rings. The van der Waals surface area contributed by atoms with Gasteiger partial charge in [-0.1, -0.05) is 18.2 Å². The fourth-order valence-electron chi connectivity index (χ4n) is 2.42. The number of nitrogens with zero attached hydrogens (tertiary/aromatic N) is 1. The van der Waals surface area contributed by atoms with Crippen LogP contribution in [0.4, 0.5) is 0 Å². The van der Waals surface area contributed by atoms with Crippen molar-refractivity contribution in [2.24, 2.45) is 0 Å². The summed E-state index contributed by atoms with van der Waals surface area (Å²) in [4.78, 5) is 7.24. The highest BCUT2D eigenvalue weighted by Gasteiger charge is 2.32. The first-order valence-electron chi connectivity index (χ1n) is 6.38. The number of fused-ring (bicyclic) bond motifs is 1. The monoisotopic (exact) mass is 262 g/mol. The third-order valence-corrected chi connectivity index (χ3v) is 3.49. The van der Waals surface area contributed by atoms with Crippen LogP contribution in [0.5, 0.6) is 0 Å². The summed E-state index contributed by atoms with van der Waals surface area (Å²) < 4.78 is 0. The molecule has 0 spiro atoms. The highest BCUT2D eigenvalue weighted by Crippen LogP contribution is 2.33. The van der Waals surface area contributed by atoms with E-state index in [1.54, 1.807) is 24.5 Å². The molecule has 20 heavy (non-hydrogen) atoms. The summed E-state index contributed by atoms with van der Waals surface area (Å²) in [7, 11) is 0. The number of benzene rings is 1. The number of aliphatic hydroxyl groups is 1. The predicted octanol–water partition coefficient (Wildman–Crippen LogP) is 2.82. The van der Waals surface area contributed by atoms with Gasteiger partial charge in [-0.25, -0.2) is 0 Å². The minimum Gasteiger partial charge on any atom is -0.378 e. The van der Waals surface area contributed by atoms with E-state index in [1.165, 1.54) is 0 Å². The zero-order valence-electron chi connectivity index (χ0n) is 10.9. The number of aromatic nitrogens is 2. The van der Waals surface area contributed by atoms with Gasteiger partial charge >= 0.3 is 0 Å². The van der Waals surface area contributed by atoms with Gasteiger partial charge in [-0.15, -0.1) is 12.3 Å². The molecule has 0 radical (unpaired) electrons. The van der Waals surface area contributed by atoms with E-state index in [0.29, 0.717) is 5.69 Å². The van der Waals surface area contributed by atoms with Crippen molar-refractivity contribution in [3.05, 3.63) is 66.1 Å². The topological polar surface area (TPSA) is 48.9 Å². The number of aromatic amines is 1. The van der Waals surface area contributed by atoms with E-state index in [4.69, 9.17) is 6.42 Å². The Balaban J connectivity index is 2.18. The lowest BCUT2D eigenvalue weighted by Gasteiger charge is -2.25. The second-order valence-corrected chi connectivity index (χ2v) is 4.75. The second kappa shape index (κ2) is 4.84.